The Hall–Kier alpha value is -0.740. The second kappa shape index (κ2) is 6.26. The maximum Gasteiger partial charge on any atom is 0.141 e. The topological polar surface area (TPSA) is 34.2 Å². The molecule has 2 heterocycles. The van der Waals surface area contributed by atoms with Crippen LogP contribution >= 0.6 is 11.8 Å². The summed E-state index contributed by atoms with van der Waals surface area (Å²) in [5, 5.41) is 3.56. The van der Waals surface area contributed by atoms with Crippen molar-refractivity contribution in [3.8, 4) is 5.75 Å². The van der Waals surface area contributed by atoms with Crippen LogP contribution in [0.5, 0.6) is 5.75 Å². The lowest BCUT2D eigenvalue weighted by Gasteiger charge is -2.24. The average molecular weight is 252 g/mol. The SMILES string of the molecule is CCNC(c1ncccc1OC)C1CCSC1. The zero-order chi connectivity index (χ0) is 12.1. The number of nitrogens with one attached hydrogen (secondary N) is 1. The fraction of sp³-hybridized carbons (Fsp3) is 0.615. The highest BCUT2D eigenvalue weighted by atomic mass is 32.2. The molecule has 4 heteroatoms. The molecule has 0 amide bonds. The summed E-state index contributed by atoms with van der Waals surface area (Å²) in [5.41, 5.74) is 1.06. The van der Waals surface area contributed by atoms with E-state index in [1.165, 1.54) is 17.9 Å². The zero-order valence-corrected chi connectivity index (χ0v) is 11.3. The van der Waals surface area contributed by atoms with Gasteiger partial charge in [-0.2, -0.15) is 11.8 Å². The Bertz CT molecular complexity index is 353. The third kappa shape index (κ3) is 2.93. The van der Waals surface area contributed by atoms with Crippen LogP contribution in [-0.2, 0) is 0 Å². The molecule has 1 saturated heterocycles. The van der Waals surface area contributed by atoms with Gasteiger partial charge in [0.1, 0.15) is 5.75 Å². The van der Waals surface area contributed by atoms with Crippen LogP contribution in [0, 0.1) is 5.92 Å². The Labute approximate surface area is 107 Å². The standard InChI is InChI=1S/C13H20N2OS/c1-3-14-12(10-6-8-17-9-10)13-11(16-2)5-4-7-15-13/h4-5,7,10,12,14H,3,6,8-9H2,1-2H3. The van der Waals surface area contributed by atoms with Gasteiger partial charge in [0.25, 0.3) is 0 Å². The summed E-state index contributed by atoms with van der Waals surface area (Å²) in [7, 11) is 1.72. The van der Waals surface area contributed by atoms with Gasteiger partial charge in [-0.15, -0.1) is 0 Å². The fourth-order valence-electron chi connectivity index (χ4n) is 2.33. The molecular weight excluding hydrogens is 232 g/mol. The van der Waals surface area contributed by atoms with E-state index in [9.17, 15) is 0 Å². The maximum absolute atomic E-state index is 5.42. The fourth-order valence-corrected chi connectivity index (χ4v) is 3.63. The minimum atomic E-state index is 0.325. The first kappa shape index (κ1) is 12.7. The molecule has 2 unspecified atom stereocenters. The number of methoxy groups -OCH3 is 1. The summed E-state index contributed by atoms with van der Waals surface area (Å²) in [4.78, 5) is 4.52. The number of nitrogens with zero attached hydrogens (tertiary/aromatic N) is 1. The monoisotopic (exact) mass is 252 g/mol. The number of aromatic nitrogens is 1. The summed E-state index contributed by atoms with van der Waals surface area (Å²) < 4.78 is 5.42. The first-order valence-corrected chi connectivity index (χ1v) is 7.32. The molecule has 1 aliphatic heterocycles. The number of pyridine rings is 1. The quantitative estimate of drug-likeness (QED) is 0.873. The lowest BCUT2D eigenvalue weighted by molar-refractivity contribution is 0.357. The van der Waals surface area contributed by atoms with Crippen LogP contribution in [0.1, 0.15) is 25.1 Å². The van der Waals surface area contributed by atoms with Crippen molar-refractivity contribution in [2.45, 2.75) is 19.4 Å². The van der Waals surface area contributed by atoms with Crippen LogP contribution in [-0.4, -0.2) is 30.1 Å². The molecule has 1 aliphatic rings. The highest BCUT2D eigenvalue weighted by molar-refractivity contribution is 7.99. The number of hydrogen-bond donors (Lipinski definition) is 1. The lowest BCUT2D eigenvalue weighted by Crippen LogP contribution is -2.29. The van der Waals surface area contributed by atoms with E-state index in [1.54, 1.807) is 7.11 Å². The molecule has 0 bridgehead atoms. The molecule has 1 aromatic heterocycles. The maximum atomic E-state index is 5.42. The summed E-state index contributed by atoms with van der Waals surface area (Å²) in [6, 6.07) is 4.25. The second-order valence-electron chi connectivity index (χ2n) is 4.25. The van der Waals surface area contributed by atoms with Gasteiger partial charge in [-0.1, -0.05) is 6.92 Å². The molecule has 2 atom stereocenters. The molecule has 2 rings (SSSR count). The van der Waals surface area contributed by atoms with Crippen LogP contribution in [0.25, 0.3) is 0 Å². The molecule has 0 saturated carbocycles. The molecule has 0 aliphatic carbocycles. The largest absolute Gasteiger partial charge is 0.495 e. The van der Waals surface area contributed by atoms with Crippen molar-refractivity contribution in [3.63, 3.8) is 0 Å². The molecule has 0 aromatic carbocycles. The van der Waals surface area contributed by atoms with Crippen molar-refractivity contribution in [2.75, 3.05) is 25.2 Å². The van der Waals surface area contributed by atoms with Crippen LogP contribution in [0.15, 0.2) is 18.3 Å². The minimum Gasteiger partial charge on any atom is -0.495 e. The molecular formula is C13H20N2OS. The van der Waals surface area contributed by atoms with Crippen molar-refractivity contribution in [2.24, 2.45) is 5.92 Å². The van der Waals surface area contributed by atoms with E-state index in [0.717, 1.165) is 18.0 Å². The zero-order valence-electron chi connectivity index (χ0n) is 10.5. The summed E-state index contributed by atoms with van der Waals surface area (Å²) in [5.74, 6) is 4.05. The third-order valence-corrected chi connectivity index (χ3v) is 4.36. The molecule has 94 valence electrons. The molecule has 0 radical (unpaired) electrons. The van der Waals surface area contributed by atoms with E-state index in [0.29, 0.717) is 12.0 Å². The van der Waals surface area contributed by atoms with Crippen molar-refractivity contribution >= 4 is 11.8 Å². The number of hydrogen-bond acceptors (Lipinski definition) is 4. The normalized spacial score (nSPS) is 21.4. The average Bonchev–Trinajstić information content (AvgIpc) is 2.89. The Kier molecular flexibility index (Phi) is 4.68. The van der Waals surface area contributed by atoms with Gasteiger partial charge in [0, 0.05) is 6.20 Å². The van der Waals surface area contributed by atoms with E-state index in [2.05, 4.69) is 17.2 Å². The molecule has 3 nitrogen and oxygen atoms in total. The third-order valence-electron chi connectivity index (χ3n) is 3.17. The number of rotatable bonds is 5. The van der Waals surface area contributed by atoms with Gasteiger partial charge in [-0.25, -0.2) is 0 Å². The van der Waals surface area contributed by atoms with Gasteiger partial charge in [0.2, 0.25) is 0 Å². The summed E-state index contributed by atoms with van der Waals surface area (Å²) >= 11 is 2.04. The van der Waals surface area contributed by atoms with Crippen LogP contribution in [0.3, 0.4) is 0 Å². The van der Waals surface area contributed by atoms with Crippen LogP contribution in [0.4, 0.5) is 0 Å². The Balaban J connectivity index is 2.24. The van der Waals surface area contributed by atoms with Crippen molar-refractivity contribution in [1.29, 1.82) is 0 Å². The molecule has 0 spiro atoms. The molecule has 17 heavy (non-hydrogen) atoms. The van der Waals surface area contributed by atoms with E-state index in [1.807, 2.05) is 30.1 Å². The van der Waals surface area contributed by atoms with Crippen LogP contribution < -0.4 is 10.1 Å². The van der Waals surface area contributed by atoms with Crippen molar-refractivity contribution in [1.82, 2.24) is 10.3 Å². The lowest BCUT2D eigenvalue weighted by atomic mass is 9.95. The van der Waals surface area contributed by atoms with E-state index < -0.39 is 0 Å². The Morgan fingerprint density at radius 3 is 3.18 bits per heavy atom. The molecule has 1 N–H and O–H groups in total. The second-order valence-corrected chi connectivity index (χ2v) is 5.40. The Morgan fingerprint density at radius 1 is 1.65 bits per heavy atom. The van der Waals surface area contributed by atoms with Crippen molar-refractivity contribution in [3.05, 3.63) is 24.0 Å². The smallest absolute Gasteiger partial charge is 0.141 e. The molecule has 1 fully saturated rings. The summed E-state index contributed by atoms with van der Waals surface area (Å²) in [6.07, 6.45) is 3.12. The van der Waals surface area contributed by atoms with Gasteiger partial charge >= 0.3 is 0 Å². The minimum absolute atomic E-state index is 0.325. The molecule has 1 aromatic rings. The van der Waals surface area contributed by atoms with Gasteiger partial charge in [0.15, 0.2) is 0 Å². The van der Waals surface area contributed by atoms with Gasteiger partial charge in [-0.05, 0) is 42.5 Å². The van der Waals surface area contributed by atoms with Crippen LogP contribution in [0.2, 0.25) is 0 Å². The van der Waals surface area contributed by atoms with Gasteiger partial charge in [0.05, 0.1) is 18.8 Å². The Morgan fingerprint density at radius 2 is 2.53 bits per heavy atom. The van der Waals surface area contributed by atoms with E-state index in [-0.39, 0.29) is 0 Å². The summed E-state index contributed by atoms with van der Waals surface area (Å²) in [6.45, 7) is 3.11. The van der Waals surface area contributed by atoms with Crippen molar-refractivity contribution < 1.29 is 4.74 Å². The number of ether oxygens (including phenoxy) is 1. The highest BCUT2D eigenvalue weighted by Gasteiger charge is 2.28. The first-order valence-electron chi connectivity index (χ1n) is 6.16. The predicted octanol–water partition coefficient (Wildman–Crippen LogP) is 2.49. The van der Waals surface area contributed by atoms with E-state index >= 15 is 0 Å². The number of thioether (sulfide) groups is 1. The van der Waals surface area contributed by atoms with E-state index in [4.69, 9.17) is 4.74 Å². The predicted molar refractivity (Wildman–Crippen MR) is 72.6 cm³/mol. The van der Waals surface area contributed by atoms with Gasteiger partial charge in [-0.3, -0.25) is 4.98 Å². The first-order chi connectivity index (χ1) is 8.36. The van der Waals surface area contributed by atoms with Gasteiger partial charge < -0.3 is 10.1 Å². The highest BCUT2D eigenvalue weighted by Crippen LogP contribution is 2.36.